The topological polar surface area (TPSA) is 75.7 Å². The first kappa shape index (κ1) is 22.0. The highest BCUT2D eigenvalue weighted by Gasteiger charge is 2.34. The second-order valence-corrected chi connectivity index (χ2v) is 9.31. The van der Waals surface area contributed by atoms with Crippen molar-refractivity contribution < 1.29 is 17.9 Å². The molecule has 1 aromatic carbocycles. The Labute approximate surface area is 167 Å². The van der Waals surface area contributed by atoms with E-state index in [1.807, 2.05) is 13.8 Å². The number of benzene rings is 1. The monoisotopic (exact) mass is 416 g/mol. The van der Waals surface area contributed by atoms with E-state index < -0.39 is 10.0 Å². The van der Waals surface area contributed by atoms with E-state index in [9.17, 15) is 13.2 Å². The number of nitrogens with one attached hydrogen (secondary N) is 1. The lowest BCUT2D eigenvalue weighted by Gasteiger charge is -2.33. The number of halogens is 1. The molecule has 1 fully saturated rings. The zero-order valence-corrected chi connectivity index (χ0v) is 17.8. The summed E-state index contributed by atoms with van der Waals surface area (Å²) in [7, 11) is -2.38. The van der Waals surface area contributed by atoms with Crippen molar-refractivity contribution in [3.8, 4) is 5.75 Å². The fraction of sp³-hybridized carbons (Fsp3) is 0.632. The Bertz CT molecular complexity index is 748. The third-order valence-electron chi connectivity index (χ3n) is 5.03. The Kier molecular flexibility index (Phi) is 7.94. The van der Waals surface area contributed by atoms with Crippen LogP contribution >= 0.6 is 11.6 Å². The molecular weight excluding hydrogens is 388 g/mol. The predicted octanol–water partition coefficient (Wildman–Crippen LogP) is 3.59. The summed E-state index contributed by atoms with van der Waals surface area (Å²) in [5, 5.41) is 3.09. The summed E-state index contributed by atoms with van der Waals surface area (Å²) in [5.41, 5.74) is 0. The second kappa shape index (κ2) is 9.75. The van der Waals surface area contributed by atoms with Gasteiger partial charge in [0.15, 0.2) is 0 Å². The maximum absolute atomic E-state index is 13.3. The Morgan fingerprint density at radius 2 is 2.00 bits per heavy atom. The lowest BCUT2D eigenvalue weighted by atomic mass is 9.95. The lowest BCUT2D eigenvalue weighted by molar-refractivity contribution is -0.122. The van der Waals surface area contributed by atoms with Gasteiger partial charge in [-0.05, 0) is 44.4 Å². The molecule has 1 unspecified atom stereocenters. The highest BCUT2D eigenvalue weighted by molar-refractivity contribution is 7.89. The number of nitrogens with zero attached hydrogens (tertiary/aromatic N) is 1. The molecule has 1 N–H and O–H groups in total. The van der Waals surface area contributed by atoms with Gasteiger partial charge in [-0.15, -0.1) is 0 Å². The molecule has 0 heterocycles. The van der Waals surface area contributed by atoms with E-state index in [1.165, 1.54) is 29.6 Å². The van der Waals surface area contributed by atoms with E-state index in [4.69, 9.17) is 16.3 Å². The van der Waals surface area contributed by atoms with Gasteiger partial charge in [0, 0.05) is 12.1 Å². The fourth-order valence-electron chi connectivity index (χ4n) is 3.29. The Hall–Kier alpha value is -1.31. The van der Waals surface area contributed by atoms with Gasteiger partial charge in [0.25, 0.3) is 0 Å². The largest absolute Gasteiger partial charge is 0.495 e. The van der Waals surface area contributed by atoms with Gasteiger partial charge in [-0.1, -0.05) is 37.8 Å². The van der Waals surface area contributed by atoms with Crippen LogP contribution in [-0.4, -0.2) is 44.4 Å². The number of carbonyl (C=O) groups excluding carboxylic acids is 1. The van der Waals surface area contributed by atoms with Crippen molar-refractivity contribution in [3.05, 3.63) is 23.2 Å². The molecule has 2 rings (SSSR count). The summed E-state index contributed by atoms with van der Waals surface area (Å²) in [6, 6.07) is 4.23. The van der Waals surface area contributed by atoms with Gasteiger partial charge in [0.05, 0.1) is 23.6 Å². The van der Waals surface area contributed by atoms with Crippen LogP contribution in [0, 0.1) is 0 Å². The zero-order valence-electron chi connectivity index (χ0n) is 16.2. The number of methoxy groups -OCH3 is 1. The summed E-state index contributed by atoms with van der Waals surface area (Å²) in [5.74, 6) is 0.132. The molecule has 1 aromatic rings. The smallest absolute Gasteiger partial charge is 0.243 e. The van der Waals surface area contributed by atoms with Crippen molar-refractivity contribution in [2.75, 3.05) is 13.7 Å². The summed E-state index contributed by atoms with van der Waals surface area (Å²) >= 11 is 6.13. The van der Waals surface area contributed by atoms with E-state index in [1.54, 1.807) is 0 Å². The zero-order chi connectivity index (χ0) is 20.0. The molecule has 0 saturated heterocycles. The van der Waals surface area contributed by atoms with Crippen LogP contribution in [0.5, 0.6) is 5.75 Å². The van der Waals surface area contributed by atoms with Crippen molar-refractivity contribution in [1.82, 2.24) is 9.62 Å². The van der Waals surface area contributed by atoms with Crippen molar-refractivity contribution in [2.24, 2.45) is 0 Å². The molecule has 152 valence electrons. The number of hydrogen-bond donors (Lipinski definition) is 1. The minimum absolute atomic E-state index is 0.00356. The van der Waals surface area contributed by atoms with Crippen LogP contribution in [0.25, 0.3) is 0 Å². The molecule has 27 heavy (non-hydrogen) atoms. The molecule has 1 aliphatic rings. The van der Waals surface area contributed by atoms with Crippen LogP contribution in [0.4, 0.5) is 0 Å². The van der Waals surface area contributed by atoms with E-state index >= 15 is 0 Å². The number of rotatable bonds is 8. The maximum Gasteiger partial charge on any atom is 0.243 e. The summed E-state index contributed by atoms with van der Waals surface area (Å²) in [4.78, 5) is 12.5. The third-order valence-corrected chi connectivity index (χ3v) is 7.22. The second-order valence-electron chi connectivity index (χ2n) is 7.02. The van der Waals surface area contributed by atoms with E-state index in [0.29, 0.717) is 5.75 Å². The number of ether oxygens (including phenoxy) is 1. The van der Waals surface area contributed by atoms with Crippen LogP contribution in [-0.2, 0) is 14.8 Å². The van der Waals surface area contributed by atoms with Crippen molar-refractivity contribution in [1.29, 1.82) is 0 Å². The number of sulfonamides is 1. The fourth-order valence-corrected chi connectivity index (χ4v) is 5.28. The average molecular weight is 417 g/mol. The van der Waals surface area contributed by atoms with Gasteiger partial charge < -0.3 is 10.1 Å². The first-order valence-corrected chi connectivity index (χ1v) is 11.3. The van der Waals surface area contributed by atoms with Gasteiger partial charge in [0.2, 0.25) is 15.9 Å². The number of carbonyl (C=O) groups is 1. The molecule has 1 saturated carbocycles. The molecule has 8 heteroatoms. The van der Waals surface area contributed by atoms with Crippen LogP contribution in [0.3, 0.4) is 0 Å². The normalized spacial score (nSPS) is 16.9. The molecule has 1 amide bonds. The molecule has 0 aliphatic heterocycles. The van der Waals surface area contributed by atoms with Gasteiger partial charge in [-0.25, -0.2) is 8.42 Å². The van der Waals surface area contributed by atoms with Gasteiger partial charge in [-0.3, -0.25) is 4.79 Å². The van der Waals surface area contributed by atoms with Crippen molar-refractivity contribution in [3.63, 3.8) is 0 Å². The van der Waals surface area contributed by atoms with Crippen LogP contribution in [0.15, 0.2) is 23.1 Å². The molecule has 0 radical (unpaired) electrons. The van der Waals surface area contributed by atoms with Crippen LogP contribution < -0.4 is 10.1 Å². The van der Waals surface area contributed by atoms with Gasteiger partial charge in [-0.2, -0.15) is 4.31 Å². The quantitative estimate of drug-likeness (QED) is 0.702. The molecule has 1 atom stereocenters. The van der Waals surface area contributed by atoms with E-state index in [0.717, 1.165) is 38.5 Å². The van der Waals surface area contributed by atoms with Crippen molar-refractivity contribution in [2.45, 2.75) is 69.4 Å². The summed E-state index contributed by atoms with van der Waals surface area (Å²) in [6.45, 7) is 3.70. The first-order valence-electron chi connectivity index (χ1n) is 9.44. The summed E-state index contributed by atoms with van der Waals surface area (Å²) < 4.78 is 33.1. The first-order chi connectivity index (χ1) is 12.8. The summed E-state index contributed by atoms with van der Waals surface area (Å²) in [6.07, 6.45) is 5.34. The van der Waals surface area contributed by atoms with Crippen LogP contribution in [0.1, 0.15) is 52.4 Å². The third kappa shape index (κ3) is 5.59. The molecule has 0 spiro atoms. The molecule has 0 bridgehead atoms. The standard InChI is InChI=1S/C19H29ClN2O4S/c1-4-14(2)21-19(23)13-22(15-8-6-5-7-9-15)27(24,25)16-10-11-18(26-3)17(20)12-16/h10-12,14-15H,4-9,13H2,1-3H3,(H,21,23). The molecule has 1 aliphatic carbocycles. The van der Waals surface area contributed by atoms with Crippen molar-refractivity contribution >= 4 is 27.5 Å². The SMILES string of the molecule is CCC(C)NC(=O)CN(C1CCCCC1)S(=O)(=O)c1ccc(OC)c(Cl)c1. The number of hydrogen-bond acceptors (Lipinski definition) is 4. The maximum atomic E-state index is 13.3. The Balaban J connectivity index is 2.32. The Morgan fingerprint density at radius 3 is 2.56 bits per heavy atom. The average Bonchev–Trinajstić information content (AvgIpc) is 2.66. The number of amides is 1. The predicted molar refractivity (Wildman–Crippen MR) is 107 cm³/mol. The van der Waals surface area contributed by atoms with Crippen LogP contribution in [0.2, 0.25) is 5.02 Å². The van der Waals surface area contributed by atoms with E-state index in [2.05, 4.69) is 5.32 Å². The molecule has 6 nitrogen and oxygen atoms in total. The minimum Gasteiger partial charge on any atom is -0.495 e. The van der Waals surface area contributed by atoms with Gasteiger partial charge in [0.1, 0.15) is 5.75 Å². The van der Waals surface area contributed by atoms with E-state index in [-0.39, 0.29) is 34.5 Å². The molecular formula is C19H29ClN2O4S. The molecule has 0 aromatic heterocycles. The highest BCUT2D eigenvalue weighted by atomic mass is 35.5. The lowest BCUT2D eigenvalue weighted by Crippen LogP contribution is -2.48. The van der Waals surface area contributed by atoms with Gasteiger partial charge >= 0.3 is 0 Å². The Morgan fingerprint density at radius 1 is 1.33 bits per heavy atom. The minimum atomic E-state index is -3.85. The highest BCUT2D eigenvalue weighted by Crippen LogP contribution is 2.31.